The van der Waals surface area contributed by atoms with Crippen molar-refractivity contribution in [3.05, 3.63) is 66.0 Å². The molecule has 0 atom stereocenters. The molecule has 0 saturated carbocycles. The smallest absolute Gasteiger partial charge is 0.258 e. The third kappa shape index (κ3) is 2.92. The molecule has 0 fully saturated rings. The van der Waals surface area contributed by atoms with Crippen LogP contribution in [-0.4, -0.2) is 25.7 Å². The fraction of sp³-hybridized carbons (Fsp3) is 0.0556. The Morgan fingerprint density at radius 2 is 2.04 bits per heavy atom. The summed E-state index contributed by atoms with van der Waals surface area (Å²) in [4.78, 5) is 19.4. The number of aromatic nitrogens is 4. The van der Waals surface area contributed by atoms with Gasteiger partial charge in [0.15, 0.2) is 0 Å². The molecule has 4 aromatic rings. The summed E-state index contributed by atoms with van der Waals surface area (Å²) in [7, 11) is 1.72. The van der Waals surface area contributed by atoms with Crippen LogP contribution >= 0.6 is 0 Å². The summed E-state index contributed by atoms with van der Waals surface area (Å²) in [6.07, 6.45) is 3.07. The summed E-state index contributed by atoms with van der Waals surface area (Å²) in [5.74, 6) is -1.21. The Kier molecular flexibility index (Phi) is 3.72. The van der Waals surface area contributed by atoms with E-state index in [-0.39, 0.29) is 17.3 Å². The van der Waals surface area contributed by atoms with Crippen LogP contribution in [0.1, 0.15) is 10.4 Å². The largest absolute Gasteiger partial charge is 0.338 e. The summed E-state index contributed by atoms with van der Waals surface area (Å²) < 4.78 is 28.9. The number of amides is 1. The van der Waals surface area contributed by atoms with Crippen LogP contribution in [0.3, 0.4) is 0 Å². The van der Waals surface area contributed by atoms with Gasteiger partial charge in [-0.05, 0) is 36.4 Å². The van der Waals surface area contributed by atoms with E-state index in [9.17, 15) is 13.6 Å². The van der Waals surface area contributed by atoms with E-state index < -0.39 is 11.6 Å². The second kappa shape index (κ2) is 6.07. The fourth-order valence-electron chi connectivity index (χ4n) is 2.64. The predicted octanol–water partition coefficient (Wildman–Crippen LogP) is 3.49. The SMILES string of the molecule is Cn1cc(C(=O)Nc2ccc3nc(-c4cc(F)ccc4F)[nH]c3c2)cn1. The maximum Gasteiger partial charge on any atom is 0.258 e. The molecule has 0 bridgehead atoms. The average Bonchev–Trinajstić information content (AvgIpc) is 3.22. The lowest BCUT2D eigenvalue weighted by Crippen LogP contribution is -2.10. The summed E-state index contributed by atoms with van der Waals surface area (Å²) in [6, 6.07) is 8.23. The van der Waals surface area contributed by atoms with E-state index in [2.05, 4.69) is 20.4 Å². The number of H-pyrrole nitrogens is 1. The van der Waals surface area contributed by atoms with Crippen LogP contribution in [-0.2, 0) is 7.05 Å². The maximum absolute atomic E-state index is 13.9. The second-order valence-electron chi connectivity index (χ2n) is 5.80. The molecule has 26 heavy (non-hydrogen) atoms. The summed E-state index contributed by atoms with van der Waals surface area (Å²) in [5, 5.41) is 6.71. The molecule has 4 rings (SSSR count). The lowest BCUT2D eigenvalue weighted by atomic mass is 10.2. The Morgan fingerprint density at radius 3 is 2.81 bits per heavy atom. The third-order valence-electron chi connectivity index (χ3n) is 3.89. The highest BCUT2D eigenvalue weighted by atomic mass is 19.1. The summed E-state index contributed by atoms with van der Waals surface area (Å²) in [6.45, 7) is 0. The predicted molar refractivity (Wildman–Crippen MR) is 92.6 cm³/mol. The number of anilines is 1. The standard InChI is InChI=1S/C18H13F2N5O/c1-25-9-10(8-21-25)18(26)22-12-3-5-15-16(7-12)24-17(23-15)13-6-11(19)2-4-14(13)20/h2-9H,1H3,(H,22,26)(H,23,24). The van der Waals surface area contributed by atoms with Gasteiger partial charge in [-0.2, -0.15) is 5.10 Å². The van der Waals surface area contributed by atoms with Crippen LogP contribution in [0.5, 0.6) is 0 Å². The molecule has 6 nitrogen and oxygen atoms in total. The number of hydrogen-bond donors (Lipinski definition) is 2. The number of rotatable bonds is 3. The van der Waals surface area contributed by atoms with E-state index in [1.54, 1.807) is 31.4 Å². The van der Waals surface area contributed by atoms with E-state index in [0.29, 0.717) is 22.3 Å². The second-order valence-corrected chi connectivity index (χ2v) is 5.80. The number of fused-ring (bicyclic) bond motifs is 1. The van der Waals surface area contributed by atoms with Crippen LogP contribution in [0.2, 0.25) is 0 Å². The van der Waals surface area contributed by atoms with Gasteiger partial charge in [-0.15, -0.1) is 0 Å². The average molecular weight is 353 g/mol. The molecular weight excluding hydrogens is 340 g/mol. The monoisotopic (exact) mass is 353 g/mol. The van der Waals surface area contributed by atoms with Gasteiger partial charge in [0.25, 0.3) is 5.91 Å². The van der Waals surface area contributed by atoms with Crippen molar-refractivity contribution in [2.24, 2.45) is 7.05 Å². The quantitative estimate of drug-likeness (QED) is 0.592. The number of benzene rings is 2. The van der Waals surface area contributed by atoms with E-state index in [1.807, 2.05) is 0 Å². The van der Waals surface area contributed by atoms with Gasteiger partial charge in [-0.3, -0.25) is 9.48 Å². The molecule has 8 heteroatoms. The van der Waals surface area contributed by atoms with Crippen LogP contribution < -0.4 is 5.32 Å². The molecule has 0 radical (unpaired) electrons. The van der Waals surface area contributed by atoms with Gasteiger partial charge in [0.1, 0.15) is 17.5 Å². The first-order valence-electron chi connectivity index (χ1n) is 7.75. The first-order valence-corrected chi connectivity index (χ1v) is 7.75. The Bertz CT molecular complexity index is 1130. The minimum absolute atomic E-state index is 0.0437. The van der Waals surface area contributed by atoms with E-state index in [0.717, 1.165) is 18.2 Å². The molecule has 0 aliphatic carbocycles. The first-order chi connectivity index (χ1) is 12.5. The van der Waals surface area contributed by atoms with Crippen molar-refractivity contribution in [2.75, 3.05) is 5.32 Å². The van der Waals surface area contributed by atoms with Gasteiger partial charge in [0.2, 0.25) is 0 Å². The molecule has 2 aromatic carbocycles. The molecule has 2 N–H and O–H groups in total. The van der Waals surface area contributed by atoms with Crippen LogP contribution in [0.25, 0.3) is 22.4 Å². The number of aryl methyl sites for hydroxylation is 1. The number of carbonyl (C=O) groups is 1. The van der Waals surface area contributed by atoms with Gasteiger partial charge >= 0.3 is 0 Å². The molecule has 130 valence electrons. The molecule has 0 spiro atoms. The van der Waals surface area contributed by atoms with Gasteiger partial charge in [-0.25, -0.2) is 13.8 Å². The van der Waals surface area contributed by atoms with Crippen LogP contribution in [0.4, 0.5) is 14.5 Å². The number of nitrogens with zero attached hydrogens (tertiary/aromatic N) is 3. The lowest BCUT2D eigenvalue weighted by Gasteiger charge is -2.03. The molecule has 2 heterocycles. The first kappa shape index (κ1) is 15.9. The van der Waals surface area contributed by atoms with Crippen LogP contribution in [0, 0.1) is 11.6 Å². The summed E-state index contributed by atoms with van der Waals surface area (Å²) in [5.41, 5.74) is 2.18. The van der Waals surface area contributed by atoms with Gasteiger partial charge in [0.05, 0.1) is 28.4 Å². The fourth-order valence-corrected chi connectivity index (χ4v) is 2.64. The minimum atomic E-state index is -0.574. The highest BCUT2D eigenvalue weighted by molar-refractivity contribution is 6.04. The highest BCUT2D eigenvalue weighted by Crippen LogP contribution is 2.25. The Labute approximate surface area is 146 Å². The maximum atomic E-state index is 13.9. The van der Waals surface area contributed by atoms with Crippen LogP contribution in [0.15, 0.2) is 48.8 Å². The molecule has 0 unspecified atom stereocenters. The van der Waals surface area contributed by atoms with E-state index in [4.69, 9.17) is 0 Å². The van der Waals surface area contributed by atoms with Crippen molar-refractivity contribution in [3.63, 3.8) is 0 Å². The molecule has 0 aliphatic rings. The topological polar surface area (TPSA) is 75.6 Å². The summed E-state index contributed by atoms with van der Waals surface area (Å²) >= 11 is 0. The van der Waals surface area contributed by atoms with Crippen molar-refractivity contribution in [2.45, 2.75) is 0 Å². The zero-order valence-corrected chi connectivity index (χ0v) is 13.6. The number of carbonyl (C=O) groups excluding carboxylic acids is 1. The Balaban J connectivity index is 1.65. The van der Waals surface area contributed by atoms with Crippen molar-refractivity contribution in [1.29, 1.82) is 0 Å². The molecule has 1 amide bonds. The number of nitrogens with one attached hydrogen (secondary N) is 2. The minimum Gasteiger partial charge on any atom is -0.338 e. The van der Waals surface area contributed by atoms with Crippen molar-refractivity contribution < 1.29 is 13.6 Å². The van der Waals surface area contributed by atoms with Gasteiger partial charge in [-0.1, -0.05) is 0 Å². The van der Waals surface area contributed by atoms with Crippen molar-refractivity contribution in [3.8, 4) is 11.4 Å². The van der Waals surface area contributed by atoms with E-state index >= 15 is 0 Å². The van der Waals surface area contributed by atoms with Crippen molar-refractivity contribution >= 4 is 22.6 Å². The molecule has 2 aromatic heterocycles. The molecule has 0 aliphatic heterocycles. The van der Waals surface area contributed by atoms with Gasteiger partial charge < -0.3 is 10.3 Å². The zero-order chi connectivity index (χ0) is 18.3. The normalized spacial score (nSPS) is 11.0. The van der Waals surface area contributed by atoms with Gasteiger partial charge in [0, 0.05) is 18.9 Å². The van der Waals surface area contributed by atoms with E-state index in [1.165, 1.54) is 10.9 Å². The number of aromatic amines is 1. The molecular formula is C18H13F2N5O. The number of imidazole rings is 1. The zero-order valence-electron chi connectivity index (χ0n) is 13.6. The number of hydrogen-bond acceptors (Lipinski definition) is 3. The Morgan fingerprint density at radius 1 is 1.19 bits per heavy atom. The number of halogens is 2. The lowest BCUT2D eigenvalue weighted by molar-refractivity contribution is 0.102. The molecule has 0 saturated heterocycles. The Hall–Kier alpha value is -3.55. The van der Waals surface area contributed by atoms with Crippen molar-refractivity contribution in [1.82, 2.24) is 19.7 Å². The third-order valence-corrected chi connectivity index (χ3v) is 3.89. The highest BCUT2D eigenvalue weighted by Gasteiger charge is 2.13.